The lowest BCUT2D eigenvalue weighted by atomic mass is 10.1. The Morgan fingerprint density at radius 3 is 2.80 bits per heavy atom. The molecule has 7 heteroatoms. The van der Waals surface area contributed by atoms with Crippen molar-refractivity contribution in [3.63, 3.8) is 0 Å². The molecular weight excluding hydrogens is 380 g/mol. The van der Waals surface area contributed by atoms with Crippen LogP contribution in [0.1, 0.15) is 48.0 Å². The van der Waals surface area contributed by atoms with Crippen molar-refractivity contribution in [2.75, 3.05) is 0 Å². The van der Waals surface area contributed by atoms with E-state index in [1.807, 2.05) is 25.1 Å². The third-order valence-corrected chi connectivity index (χ3v) is 4.68. The number of aryl methyl sites for hydroxylation is 2. The van der Waals surface area contributed by atoms with Crippen LogP contribution < -0.4 is 10.9 Å². The molecule has 0 fully saturated rings. The zero-order chi connectivity index (χ0) is 21.7. The molecule has 30 heavy (non-hydrogen) atoms. The zero-order valence-electron chi connectivity index (χ0n) is 17.7. The average molecular weight is 406 g/mol. The second-order valence-corrected chi connectivity index (χ2v) is 7.02. The number of carbonyl (C=O) groups excluding carboxylic acids is 1. The monoisotopic (exact) mass is 406 g/mol. The van der Waals surface area contributed by atoms with E-state index in [4.69, 9.17) is 4.42 Å². The summed E-state index contributed by atoms with van der Waals surface area (Å²) in [5.41, 5.74) is 2.38. The molecule has 0 unspecified atom stereocenters. The molecule has 1 N–H and O–H groups in total. The van der Waals surface area contributed by atoms with E-state index in [0.29, 0.717) is 40.4 Å². The Morgan fingerprint density at radius 2 is 2.13 bits per heavy atom. The largest absolute Gasteiger partial charge is 0.444 e. The maximum Gasteiger partial charge on any atom is 0.260 e. The van der Waals surface area contributed by atoms with E-state index in [-0.39, 0.29) is 18.0 Å². The van der Waals surface area contributed by atoms with Crippen molar-refractivity contribution in [1.29, 1.82) is 0 Å². The summed E-state index contributed by atoms with van der Waals surface area (Å²) in [6.45, 7) is 8.18. The molecule has 1 amide bonds. The summed E-state index contributed by atoms with van der Waals surface area (Å²) < 4.78 is 7.01. The highest BCUT2D eigenvalue weighted by Crippen LogP contribution is 2.15. The number of aromatic nitrogens is 3. The van der Waals surface area contributed by atoms with Crippen LogP contribution in [-0.2, 0) is 13.1 Å². The van der Waals surface area contributed by atoms with Crippen LogP contribution in [0.3, 0.4) is 0 Å². The lowest BCUT2D eigenvalue weighted by Crippen LogP contribution is -2.25. The topological polar surface area (TPSA) is 90.0 Å². The quantitative estimate of drug-likeness (QED) is 0.602. The van der Waals surface area contributed by atoms with Gasteiger partial charge in [0.1, 0.15) is 5.76 Å². The summed E-state index contributed by atoms with van der Waals surface area (Å²) in [4.78, 5) is 34.2. The van der Waals surface area contributed by atoms with Crippen molar-refractivity contribution in [2.24, 2.45) is 0 Å². The molecule has 3 aromatic heterocycles. The fraction of sp³-hybridized carbons (Fsp3) is 0.304. The second kappa shape index (κ2) is 9.35. The number of rotatable bonds is 7. The van der Waals surface area contributed by atoms with Gasteiger partial charge in [0, 0.05) is 13.1 Å². The van der Waals surface area contributed by atoms with E-state index >= 15 is 0 Å². The number of oxazole rings is 1. The van der Waals surface area contributed by atoms with Gasteiger partial charge in [-0.25, -0.2) is 4.98 Å². The molecule has 3 aromatic rings. The van der Waals surface area contributed by atoms with Crippen LogP contribution in [-0.4, -0.2) is 20.4 Å². The molecule has 0 saturated heterocycles. The lowest BCUT2D eigenvalue weighted by Gasteiger charge is -2.11. The van der Waals surface area contributed by atoms with Gasteiger partial charge >= 0.3 is 0 Å². The van der Waals surface area contributed by atoms with E-state index in [1.165, 1.54) is 0 Å². The third kappa shape index (κ3) is 4.74. The highest BCUT2D eigenvalue weighted by Gasteiger charge is 2.15. The molecule has 0 atom stereocenters. The Hall–Kier alpha value is -3.48. The van der Waals surface area contributed by atoms with Gasteiger partial charge in [0.2, 0.25) is 0 Å². The number of carbonyl (C=O) groups is 1. The Kier molecular flexibility index (Phi) is 6.61. The average Bonchev–Trinajstić information content (AvgIpc) is 3.13. The number of nitrogens with zero attached hydrogens (tertiary/aromatic N) is 3. The number of hydrogen-bond acceptors (Lipinski definition) is 5. The molecule has 0 radical (unpaired) electrons. The predicted molar refractivity (Wildman–Crippen MR) is 116 cm³/mol. The predicted octanol–water partition coefficient (Wildman–Crippen LogP) is 3.84. The van der Waals surface area contributed by atoms with E-state index in [0.717, 1.165) is 12.0 Å². The number of amides is 1. The first-order valence-electron chi connectivity index (χ1n) is 9.95. The van der Waals surface area contributed by atoms with E-state index in [9.17, 15) is 9.59 Å². The molecular formula is C23H26N4O3. The summed E-state index contributed by atoms with van der Waals surface area (Å²) in [5.74, 6) is 0.790. The number of hydrogen-bond donors (Lipinski definition) is 1. The van der Waals surface area contributed by atoms with Crippen molar-refractivity contribution in [1.82, 2.24) is 19.9 Å². The minimum atomic E-state index is -0.314. The maximum absolute atomic E-state index is 13.1. The van der Waals surface area contributed by atoms with Crippen molar-refractivity contribution in [2.45, 2.75) is 47.2 Å². The maximum atomic E-state index is 13.1. The molecule has 0 aliphatic rings. The van der Waals surface area contributed by atoms with E-state index in [2.05, 4.69) is 28.3 Å². The Balaban J connectivity index is 1.92. The van der Waals surface area contributed by atoms with E-state index < -0.39 is 0 Å². The second-order valence-electron chi connectivity index (χ2n) is 7.02. The Labute approximate surface area is 175 Å². The van der Waals surface area contributed by atoms with Crippen LogP contribution in [0.5, 0.6) is 0 Å². The van der Waals surface area contributed by atoms with Gasteiger partial charge in [0.05, 0.1) is 41.4 Å². The summed E-state index contributed by atoms with van der Waals surface area (Å²) >= 11 is 0. The van der Waals surface area contributed by atoms with Gasteiger partial charge in [-0.3, -0.25) is 14.6 Å². The highest BCUT2D eigenvalue weighted by molar-refractivity contribution is 5.98. The first-order valence-corrected chi connectivity index (χ1v) is 9.95. The minimum absolute atomic E-state index is 0.175. The van der Waals surface area contributed by atoms with Crippen LogP contribution in [0.25, 0.3) is 10.9 Å². The van der Waals surface area contributed by atoms with Gasteiger partial charge in [0.15, 0.2) is 5.89 Å². The first kappa shape index (κ1) is 21.2. The van der Waals surface area contributed by atoms with Gasteiger partial charge in [-0.1, -0.05) is 25.2 Å². The zero-order valence-corrected chi connectivity index (χ0v) is 17.7. The Bertz CT molecular complexity index is 1180. The number of fused-ring (bicyclic) bond motifs is 1. The molecule has 0 aliphatic carbocycles. The summed E-state index contributed by atoms with van der Waals surface area (Å²) in [6.07, 6.45) is 10.3. The van der Waals surface area contributed by atoms with Crippen molar-refractivity contribution >= 4 is 16.8 Å². The molecule has 0 saturated carbocycles. The SMILES string of the molecule is C/C=C\C(=C/CC)Cn1ccc2nc(C)c(C(=O)NCc3cnc(C)o3)cc2c1=O. The molecule has 0 spiro atoms. The van der Waals surface area contributed by atoms with Crippen LogP contribution in [0.15, 0.2) is 57.5 Å². The van der Waals surface area contributed by atoms with Crippen molar-refractivity contribution < 1.29 is 9.21 Å². The summed E-state index contributed by atoms with van der Waals surface area (Å²) in [5, 5.41) is 3.21. The molecule has 3 heterocycles. The molecule has 0 aromatic carbocycles. The van der Waals surface area contributed by atoms with Crippen LogP contribution in [0, 0.1) is 13.8 Å². The number of pyridine rings is 2. The van der Waals surface area contributed by atoms with Gasteiger partial charge in [-0.15, -0.1) is 0 Å². The van der Waals surface area contributed by atoms with Crippen molar-refractivity contribution in [3.8, 4) is 0 Å². The van der Waals surface area contributed by atoms with Gasteiger partial charge in [-0.05, 0) is 38.0 Å². The molecule has 7 nitrogen and oxygen atoms in total. The Morgan fingerprint density at radius 1 is 1.33 bits per heavy atom. The standard InChI is InChI=1S/C23H26N4O3/c1-5-7-17(8-6-2)14-27-10-9-21-20(23(27)29)11-19(15(3)26-21)22(28)25-13-18-12-24-16(4)30-18/h5,7-12H,6,13-14H2,1-4H3,(H,25,28)/b7-5-,17-8+. The molecule has 0 aliphatic heterocycles. The third-order valence-electron chi connectivity index (χ3n) is 4.68. The molecule has 156 valence electrons. The number of nitrogens with one attached hydrogen (secondary N) is 1. The first-order chi connectivity index (χ1) is 14.4. The molecule has 0 bridgehead atoms. The fourth-order valence-electron chi connectivity index (χ4n) is 3.27. The van der Waals surface area contributed by atoms with E-state index in [1.54, 1.807) is 36.9 Å². The van der Waals surface area contributed by atoms with Gasteiger partial charge < -0.3 is 14.3 Å². The number of allylic oxidation sites excluding steroid dienone is 4. The van der Waals surface area contributed by atoms with Crippen LogP contribution in [0.2, 0.25) is 0 Å². The van der Waals surface area contributed by atoms with Crippen LogP contribution >= 0.6 is 0 Å². The highest BCUT2D eigenvalue weighted by atomic mass is 16.4. The van der Waals surface area contributed by atoms with Gasteiger partial charge in [0.25, 0.3) is 11.5 Å². The minimum Gasteiger partial charge on any atom is -0.444 e. The summed E-state index contributed by atoms with van der Waals surface area (Å²) in [7, 11) is 0. The smallest absolute Gasteiger partial charge is 0.260 e. The normalized spacial score (nSPS) is 12.1. The lowest BCUT2D eigenvalue weighted by molar-refractivity contribution is 0.0947. The molecule has 3 rings (SSSR count). The van der Waals surface area contributed by atoms with Gasteiger partial charge in [-0.2, -0.15) is 0 Å². The summed E-state index contributed by atoms with van der Waals surface area (Å²) in [6, 6.07) is 3.43. The van der Waals surface area contributed by atoms with Crippen molar-refractivity contribution in [3.05, 3.63) is 81.6 Å². The fourth-order valence-corrected chi connectivity index (χ4v) is 3.27. The van der Waals surface area contributed by atoms with Crippen LogP contribution in [0.4, 0.5) is 0 Å².